The number of hydrogen-bond acceptors (Lipinski definition) is 0. The van der Waals surface area contributed by atoms with Gasteiger partial charge in [0, 0.05) is 22.3 Å². The third-order valence-corrected chi connectivity index (χ3v) is 7.21. The number of benzene rings is 2. The van der Waals surface area contributed by atoms with Crippen molar-refractivity contribution in [2.24, 2.45) is 0 Å². The Labute approximate surface area is 245 Å². The fraction of sp³-hybridized carbons (Fsp3) is 0.486. The number of allylic oxidation sites excluding steroid dienone is 2. The molecule has 0 N–H and O–H groups in total. The molecular weight excluding hydrogens is 507 g/mol. The molecule has 3 heteroatoms. The first-order valence-corrected chi connectivity index (χ1v) is 14.3. The van der Waals surface area contributed by atoms with Gasteiger partial charge in [0.15, 0.2) is 0 Å². The van der Waals surface area contributed by atoms with Crippen LogP contribution in [0.5, 0.6) is 0 Å². The summed E-state index contributed by atoms with van der Waals surface area (Å²) >= 11 is 0. The third kappa shape index (κ3) is 9.34. The minimum absolute atomic E-state index is 0. The smallest absolute Gasteiger partial charge is 0.493 e. The SMILES string of the molecule is CCCCCC1=C(c2cccc(CCCC)c2)[N+](=[N-])C(c2cccc(CCCC)c2)=C1CCCC.[CH3-].[CH3-].[Ni+2]. The topological polar surface area (TPSA) is 25.3 Å². The van der Waals surface area contributed by atoms with Crippen molar-refractivity contribution in [3.8, 4) is 0 Å². The van der Waals surface area contributed by atoms with Gasteiger partial charge in [-0.05, 0) is 86.8 Å². The van der Waals surface area contributed by atoms with E-state index in [9.17, 15) is 5.53 Å². The van der Waals surface area contributed by atoms with E-state index in [2.05, 4.69) is 76.2 Å². The fourth-order valence-electron chi connectivity index (χ4n) is 5.20. The molecule has 2 nitrogen and oxygen atoms in total. The third-order valence-electron chi connectivity index (χ3n) is 7.21. The number of rotatable bonds is 15. The van der Waals surface area contributed by atoms with E-state index < -0.39 is 0 Å². The van der Waals surface area contributed by atoms with E-state index in [1.54, 1.807) is 4.70 Å². The van der Waals surface area contributed by atoms with E-state index in [1.165, 1.54) is 60.8 Å². The van der Waals surface area contributed by atoms with E-state index in [-0.39, 0.29) is 31.3 Å². The van der Waals surface area contributed by atoms with Gasteiger partial charge in [-0.25, -0.2) is 4.70 Å². The summed E-state index contributed by atoms with van der Waals surface area (Å²) in [5.41, 5.74) is 21.6. The Morgan fingerprint density at radius 2 is 0.947 bits per heavy atom. The maximum Gasteiger partial charge on any atom is 2.00 e. The van der Waals surface area contributed by atoms with Gasteiger partial charge in [-0.15, -0.1) is 0 Å². The van der Waals surface area contributed by atoms with Gasteiger partial charge >= 0.3 is 16.5 Å². The van der Waals surface area contributed by atoms with Gasteiger partial charge in [0.25, 0.3) is 0 Å². The van der Waals surface area contributed by atoms with Crippen LogP contribution in [0.15, 0.2) is 59.7 Å². The zero-order valence-electron chi connectivity index (χ0n) is 25.0. The van der Waals surface area contributed by atoms with Crippen molar-refractivity contribution < 1.29 is 21.2 Å². The Kier molecular flexibility index (Phi) is 18.1. The van der Waals surface area contributed by atoms with Gasteiger partial charge in [0.2, 0.25) is 11.4 Å². The molecule has 0 fully saturated rings. The van der Waals surface area contributed by atoms with Crippen LogP contribution >= 0.6 is 0 Å². The summed E-state index contributed by atoms with van der Waals surface area (Å²) in [6, 6.07) is 17.8. The van der Waals surface area contributed by atoms with E-state index in [4.69, 9.17) is 0 Å². The molecule has 0 saturated heterocycles. The summed E-state index contributed by atoms with van der Waals surface area (Å²) in [5, 5.41) is 0. The molecule has 0 radical (unpaired) electrons. The maximum absolute atomic E-state index is 11.8. The van der Waals surface area contributed by atoms with Crippen molar-refractivity contribution in [2.45, 2.75) is 111 Å². The normalized spacial score (nSPS) is 12.8. The second kappa shape index (κ2) is 19.1. The molecule has 2 aromatic carbocycles. The van der Waals surface area contributed by atoms with Crippen LogP contribution in [-0.2, 0) is 29.3 Å². The molecule has 2 aromatic rings. The minimum Gasteiger partial charge on any atom is -0.493 e. The molecule has 0 spiro atoms. The standard InChI is InChI=1S/C33H46N2.2CH3.Ni/c1-5-9-13-23-31-30(22-12-8-4)32(28-20-14-18-26(24-28)16-10-6-2)35(34)33(31)29-21-15-19-27(25-29)17-11-7-3;;;/h14-15,18-21,24-25H,5-13,16-17,22-23H2,1-4H3;2*1H3;/q;2*-1;+2. The van der Waals surface area contributed by atoms with E-state index in [0.29, 0.717) is 0 Å². The first-order chi connectivity index (χ1) is 17.1. The molecule has 1 heterocycles. The van der Waals surface area contributed by atoms with Crippen LogP contribution in [0.25, 0.3) is 16.9 Å². The van der Waals surface area contributed by atoms with E-state index in [1.807, 2.05) is 0 Å². The van der Waals surface area contributed by atoms with Gasteiger partial charge in [-0.3, -0.25) is 0 Å². The average Bonchev–Trinajstić information content (AvgIpc) is 3.16. The minimum atomic E-state index is 0. The summed E-state index contributed by atoms with van der Waals surface area (Å²) < 4.78 is 1.55. The molecule has 3 rings (SSSR count). The Morgan fingerprint density at radius 3 is 1.37 bits per heavy atom. The summed E-state index contributed by atoms with van der Waals surface area (Å²) in [6.07, 6.45) is 14.9. The van der Waals surface area contributed by atoms with Crippen molar-refractivity contribution in [2.75, 3.05) is 0 Å². The molecule has 0 aliphatic carbocycles. The molecule has 0 bridgehead atoms. The second-order valence-electron chi connectivity index (χ2n) is 10.1. The number of hydrogen-bond donors (Lipinski definition) is 0. The largest absolute Gasteiger partial charge is 2.00 e. The Bertz CT molecular complexity index is 1050. The number of aryl methyl sites for hydroxylation is 2. The molecule has 38 heavy (non-hydrogen) atoms. The van der Waals surface area contributed by atoms with E-state index >= 15 is 0 Å². The molecule has 0 amide bonds. The van der Waals surface area contributed by atoms with Crippen LogP contribution in [-0.4, -0.2) is 4.70 Å². The monoisotopic (exact) mass is 558 g/mol. The van der Waals surface area contributed by atoms with E-state index in [0.717, 1.165) is 67.5 Å². The van der Waals surface area contributed by atoms with Crippen molar-refractivity contribution in [3.05, 3.63) is 102 Å². The molecule has 0 aromatic heterocycles. The molecule has 0 unspecified atom stereocenters. The Morgan fingerprint density at radius 1 is 0.553 bits per heavy atom. The van der Waals surface area contributed by atoms with Gasteiger partial charge in [0.05, 0.1) is 0 Å². The summed E-state index contributed by atoms with van der Waals surface area (Å²) in [5.74, 6) is 0. The molecule has 0 atom stereocenters. The van der Waals surface area contributed by atoms with Crippen molar-refractivity contribution in [3.63, 3.8) is 0 Å². The summed E-state index contributed by atoms with van der Waals surface area (Å²) in [7, 11) is 0. The predicted molar refractivity (Wildman–Crippen MR) is 164 cm³/mol. The van der Waals surface area contributed by atoms with Crippen LogP contribution in [0.1, 0.15) is 121 Å². The molecular formula is C35H52N2Ni. The molecule has 212 valence electrons. The zero-order chi connectivity index (χ0) is 25.0. The molecule has 1 aliphatic rings. The quantitative estimate of drug-likeness (QED) is 0.0898. The zero-order valence-corrected chi connectivity index (χ0v) is 26.0. The molecule has 0 saturated carbocycles. The Hall–Kier alpha value is -1.99. The van der Waals surface area contributed by atoms with Crippen molar-refractivity contribution >= 4 is 11.4 Å². The summed E-state index contributed by atoms with van der Waals surface area (Å²) in [6.45, 7) is 9.01. The van der Waals surface area contributed by atoms with Gasteiger partial charge in [-0.1, -0.05) is 84.1 Å². The Balaban J connectivity index is 0.00000456. The van der Waals surface area contributed by atoms with Crippen LogP contribution in [0.4, 0.5) is 0 Å². The maximum atomic E-state index is 11.8. The molecule has 1 aliphatic heterocycles. The fourth-order valence-corrected chi connectivity index (χ4v) is 5.20. The number of nitrogens with zero attached hydrogens (tertiary/aromatic N) is 2. The van der Waals surface area contributed by atoms with Crippen LogP contribution in [0, 0.1) is 14.9 Å². The first-order valence-electron chi connectivity index (χ1n) is 14.3. The second-order valence-corrected chi connectivity index (χ2v) is 10.1. The predicted octanol–water partition coefficient (Wildman–Crippen LogP) is 11.2. The average molecular weight is 560 g/mol. The van der Waals surface area contributed by atoms with Gasteiger partial charge in [-0.2, -0.15) is 0 Å². The number of unbranched alkanes of at least 4 members (excludes halogenated alkanes) is 5. The van der Waals surface area contributed by atoms with Crippen molar-refractivity contribution in [1.82, 2.24) is 0 Å². The van der Waals surface area contributed by atoms with Gasteiger partial charge < -0.3 is 20.4 Å². The summed E-state index contributed by atoms with van der Waals surface area (Å²) in [4.78, 5) is 0. The van der Waals surface area contributed by atoms with Crippen LogP contribution < -0.4 is 0 Å². The van der Waals surface area contributed by atoms with Crippen molar-refractivity contribution in [1.29, 1.82) is 0 Å². The van der Waals surface area contributed by atoms with Crippen LogP contribution in [0.3, 0.4) is 0 Å². The van der Waals surface area contributed by atoms with Crippen LogP contribution in [0.2, 0.25) is 0 Å². The first kappa shape index (κ1) is 36.0. The van der Waals surface area contributed by atoms with Gasteiger partial charge in [0.1, 0.15) is 0 Å².